The molecule has 0 spiro atoms. The third-order valence-electron chi connectivity index (χ3n) is 6.67. The van der Waals surface area contributed by atoms with Gasteiger partial charge in [-0.1, -0.05) is 11.6 Å². The SMILES string of the molecule is COc1ccc(N=Nc2c(S(=O)(=O)O)cc3cc(N(Nc4c(C)cc(Cl)cc4C)c4ncncn4)ccc3c2O)c(S(=O)(=O)O)c1. The molecule has 0 fully saturated rings. The van der Waals surface area contributed by atoms with E-state index < -0.39 is 47.2 Å². The van der Waals surface area contributed by atoms with Gasteiger partial charge < -0.3 is 9.84 Å². The van der Waals surface area contributed by atoms with Crippen LogP contribution >= 0.6 is 11.6 Å². The number of azo groups is 1. The highest BCUT2D eigenvalue weighted by Crippen LogP contribution is 2.43. The summed E-state index contributed by atoms with van der Waals surface area (Å²) in [6.45, 7) is 3.70. The molecule has 0 aliphatic carbocycles. The van der Waals surface area contributed by atoms with Crippen LogP contribution in [0, 0.1) is 13.8 Å². The number of ether oxygens (including phenoxy) is 1. The molecule has 46 heavy (non-hydrogen) atoms. The topological polar surface area (TPSA) is 217 Å². The summed E-state index contributed by atoms with van der Waals surface area (Å²) in [5, 5.41) is 21.0. The number of methoxy groups -OCH3 is 1. The fraction of sp³-hybridized carbons (Fsp3) is 0.107. The minimum absolute atomic E-state index is 0.0802. The quantitative estimate of drug-likeness (QED) is 0.0786. The Morgan fingerprint density at radius 1 is 0.870 bits per heavy atom. The lowest BCUT2D eigenvalue weighted by molar-refractivity contribution is 0.412. The Kier molecular flexibility index (Phi) is 8.78. The van der Waals surface area contributed by atoms with Gasteiger partial charge in [0.05, 0.1) is 18.5 Å². The number of aromatic nitrogens is 3. The Bertz CT molecular complexity index is 2210. The second-order valence-electron chi connectivity index (χ2n) is 9.76. The van der Waals surface area contributed by atoms with Crippen LogP contribution in [0.1, 0.15) is 11.1 Å². The second-order valence-corrected chi connectivity index (χ2v) is 13.0. The maximum Gasteiger partial charge on any atom is 0.296 e. The molecule has 4 aromatic carbocycles. The molecular weight excluding hydrogens is 662 g/mol. The van der Waals surface area contributed by atoms with Crippen molar-refractivity contribution in [3.8, 4) is 11.5 Å². The molecule has 0 unspecified atom stereocenters. The van der Waals surface area contributed by atoms with E-state index in [-0.39, 0.29) is 22.5 Å². The third-order valence-corrected chi connectivity index (χ3v) is 8.64. The summed E-state index contributed by atoms with van der Waals surface area (Å²) in [4.78, 5) is 10.8. The number of benzene rings is 4. The first-order valence-electron chi connectivity index (χ1n) is 13.0. The van der Waals surface area contributed by atoms with Crippen LogP contribution in [0.2, 0.25) is 5.02 Å². The van der Waals surface area contributed by atoms with Gasteiger partial charge in [-0.25, -0.2) is 9.99 Å². The first-order valence-corrected chi connectivity index (χ1v) is 16.2. The minimum Gasteiger partial charge on any atom is -0.505 e. The van der Waals surface area contributed by atoms with E-state index in [9.17, 15) is 31.0 Å². The van der Waals surface area contributed by atoms with Crippen molar-refractivity contribution in [1.82, 2.24) is 15.0 Å². The van der Waals surface area contributed by atoms with Crippen molar-refractivity contribution >= 4 is 71.3 Å². The lowest BCUT2D eigenvalue weighted by Crippen LogP contribution is -2.27. The summed E-state index contributed by atoms with van der Waals surface area (Å²) in [7, 11) is -8.56. The number of hydrogen-bond acceptors (Lipinski definition) is 13. The zero-order chi connectivity index (χ0) is 33.4. The van der Waals surface area contributed by atoms with Gasteiger partial charge in [-0.15, -0.1) is 10.2 Å². The van der Waals surface area contributed by atoms with E-state index in [1.54, 1.807) is 18.2 Å². The van der Waals surface area contributed by atoms with Crippen molar-refractivity contribution in [1.29, 1.82) is 0 Å². The Hall–Kier alpha value is -4.94. The number of hydrogen-bond donors (Lipinski definition) is 4. The van der Waals surface area contributed by atoms with E-state index in [2.05, 4.69) is 30.6 Å². The van der Waals surface area contributed by atoms with Gasteiger partial charge in [-0.05, 0) is 78.9 Å². The van der Waals surface area contributed by atoms with Crippen molar-refractivity contribution in [3.63, 3.8) is 0 Å². The first-order chi connectivity index (χ1) is 21.7. The van der Waals surface area contributed by atoms with Crippen molar-refractivity contribution in [2.45, 2.75) is 23.6 Å². The van der Waals surface area contributed by atoms with Crippen molar-refractivity contribution in [3.05, 3.63) is 83.4 Å². The molecule has 1 heterocycles. The number of phenolic OH excluding ortho intramolecular Hbond substituents is 1. The Morgan fingerprint density at radius 2 is 1.52 bits per heavy atom. The lowest BCUT2D eigenvalue weighted by Gasteiger charge is -2.26. The first kappa shape index (κ1) is 32.5. The molecule has 0 aliphatic rings. The summed E-state index contributed by atoms with van der Waals surface area (Å²) in [6, 6.07) is 12.6. The number of aromatic hydroxyl groups is 1. The molecule has 0 amide bonds. The summed E-state index contributed by atoms with van der Waals surface area (Å²) in [5.41, 5.74) is 4.86. The van der Waals surface area contributed by atoms with E-state index in [1.165, 1.54) is 43.0 Å². The second kappa shape index (κ2) is 12.5. The van der Waals surface area contributed by atoms with E-state index in [0.29, 0.717) is 16.4 Å². The predicted molar refractivity (Wildman–Crippen MR) is 169 cm³/mol. The minimum atomic E-state index is -5.03. The largest absolute Gasteiger partial charge is 0.505 e. The van der Waals surface area contributed by atoms with Crippen LogP contribution in [0.15, 0.2) is 87.3 Å². The molecule has 5 aromatic rings. The molecule has 0 radical (unpaired) electrons. The van der Waals surface area contributed by atoms with Crippen LogP contribution in [0.25, 0.3) is 10.8 Å². The number of fused-ring (bicyclic) bond motifs is 1. The summed E-state index contributed by atoms with van der Waals surface area (Å²) in [6.07, 6.45) is 2.57. The lowest BCUT2D eigenvalue weighted by atomic mass is 10.1. The zero-order valence-electron chi connectivity index (χ0n) is 24.1. The highest BCUT2D eigenvalue weighted by Gasteiger charge is 2.24. The van der Waals surface area contributed by atoms with Crippen LogP contribution in [0.3, 0.4) is 0 Å². The van der Waals surface area contributed by atoms with Crippen molar-refractivity contribution in [2.75, 3.05) is 17.5 Å². The highest BCUT2D eigenvalue weighted by atomic mass is 35.5. The molecular formula is C28H24ClN7O8S2. The van der Waals surface area contributed by atoms with Crippen LogP contribution in [0.4, 0.5) is 28.7 Å². The smallest absolute Gasteiger partial charge is 0.296 e. The molecule has 1 aromatic heterocycles. The molecule has 5 rings (SSSR count). The van der Waals surface area contributed by atoms with E-state index in [1.807, 2.05) is 13.8 Å². The van der Waals surface area contributed by atoms with Crippen LogP contribution < -0.4 is 15.2 Å². The standard InChI is InChI=1S/C28H24ClN7O8S2/c1-15-8-18(29)9-16(2)25(15)35-36(28-31-13-30-14-32-28)19-4-6-21-17(10-19)11-24(46(41,42)43)26(27(21)37)34-33-22-7-5-20(44-3)12-23(22)45(38,39)40/h4-14,35,37H,1-3H3,(H,38,39,40)(H,41,42,43). The van der Waals surface area contributed by atoms with Gasteiger partial charge in [-0.3, -0.25) is 14.5 Å². The average Bonchev–Trinajstić information content (AvgIpc) is 2.99. The molecule has 15 nitrogen and oxygen atoms in total. The van der Waals surface area contributed by atoms with Crippen molar-refractivity contribution < 1.29 is 35.8 Å². The van der Waals surface area contributed by atoms with Crippen LogP contribution in [0.5, 0.6) is 11.5 Å². The number of anilines is 3. The highest BCUT2D eigenvalue weighted by molar-refractivity contribution is 7.86. The van der Waals surface area contributed by atoms with Crippen LogP contribution in [-0.2, 0) is 20.2 Å². The summed E-state index contributed by atoms with van der Waals surface area (Å²) in [5.74, 6) is -0.440. The monoisotopic (exact) mass is 685 g/mol. The Balaban J connectivity index is 1.66. The number of aryl methyl sites for hydroxylation is 2. The van der Waals surface area contributed by atoms with Gasteiger partial charge in [0.15, 0.2) is 5.75 Å². The van der Waals surface area contributed by atoms with E-state index >= 15 is 0 Å². The summed E-state index contributed by atoms with van der Waals surface area (Å²) >= 11 is 6.21. The molecule has 0 saturated carbocycles. The molecule has 0 aliphatic heterocycles. The zero-order valence-corrected chi connectivity index (χ0v) is 26.5. The number of hydrazine groups is 1. The molecule has 238 valence electrons. The summed E-state index contributed by atoms with van der Waals surface area (Å²) < 4.78 is 73.6. The Morgan fingerprint density at radius 3 is 2.13 bits per heavy atom. The average molecular weight is 686 g/mol. The number of nitrogens with one attached hydrogen (secondary N) is 1. The number of nitrogens with zero attached hydrogens (tertiary/aromatic N) is 6. The van der Waals surface area contributed by atoms with Gasteiger partial charge in [0, 0.05) is 16.5 Å². The number of rotatable bonds is 9. The van der Waals surface area contributed by atoms with Gasteiger partial charge >= 0.3 is 0 Å². The van der Waals surface area contributed by atoms with Gasteiger partial charge in [0.1, 0.15) is 39.6 Å². The maximum absolute atomic E-state index is 12.5. The molecule has 0 bridgehead atoms. The molecule has 4 N–H and O–H groups in total. The van der Waals surface area contributed by atoms with Gasteiger partial charge in [0.25, 0.3) is 26.2 Å². The fourth-order valence-corrected chi connectivity index (χ4v) is 6.19. The van der Waals surface area contributed by atoms with Gasteiger partial charge in [0.2, 0.25) is 0 Å². The van der Waals surface area contributed by atoms with E-state index in [4.69, 9.17) is 16.3 Å². The van der Waals surface area contributed by atoms with Crippen LogP contribution in [-0.4, -0.2) is 53.1 Å². The Labute approximate surface area is 267 Å². The fourth-order valence-electron chi connectivity index (χ4n) is 4.56. The molecule has 18 heteroatoms. The normalized spacial score (nSPS) is 12.0. The third kappa shape index (κ3) is 6.68. The predicted octanol–water partition coefficient (Wildman–Crippen LogP) is 6.08. The number of phenols is 1. The maximum atomic E-state index is 12.5. The number of halogens is 1. The van der Waals surface area contributed by atoms with Crippen molar-refractivity contribution in [2.24, 2.45) is 10.2 Å². The van der Waals surface area contributed by atoms with Gasteiger partial charge in [-0.2, -0.15) is 26.8 Å². The molecule has 0 saturated heterocycles. The molecule has 0 atom stereocenters. The van der Waals surface area contributed by atoms with E-state index in [0.717, 1.165) is 29.3 Å².